The van der Waals surface area contributed by atoms with E-state index < -0.39 is 16.8 Å². The second kappa shape index (κ2) is 6.13. The molecule has 0 heterocycles. The largest absolute Gasteiger partial charge is 0.475 e. The standard InChI is InChI=1S/C15H12FNO4/c1-10(15(18)11-6-8-12(16)9-7-11)21-14-5-3-2-4-13(14)17(19)20/h2-10H,1H3/t10-/m0/s1. The molecule has 0 N–H and O–H groups in total. The molecule has 0 aliphatic heterocycles. The smallest absolute Gasteiger partial charge is 0.310 e. The van der Waals surface area contributed by atoms with Gasteiger partial charge in [-0.1, -0.05) is 12.1 Å². The molecule has 0 fully saturated rings. The predicted octanol–water partition coefficient (Wildman–Crippen LogP) is 3.38. The Hall–Kier alpha value is -2.76. The van der Waals surface area contributed by atoms with Crippen LogP contribution in [-0.2, 0) is 0 Å². The molecule has 0 spiro atoms. The Morgan fingerprint density at radius 2 is 1.81 bits per heavy atom. The molecule has 0 bridgehead atoms. The Labute approximate surface area is 120 Å². The van der Waals surface area contributed by atoms with E-state index in [4.69, 9.17) is 4.74 Å². The van der Waals surface area contributed by atoms with E-state index in [1.165, 1.54) is 49.4 Å². The Bertz CT molecular complexity index is 670. The zero-order chi connectivity index (χ0) is 15.4. The third-order valence-electron chi connectivity index (χ3n) is 2.86. The van der Waals surface area contributed by atoms with Gasteiger partial charge in [0.2, 0.25) is 5.78 Å². The lowest BCUT2D eigenvalue weighted by molar-refractivity contribution is -0.386. The Morgan fingerprint density at radius 3 is 2.43 bits per heavy atom. The van der Waals surface area contributed by atoms with Crippen molar-refractivity contribution in [1.82, 2.24) is 0 Å². The molecule has 2 aromatic carbocycles. The molecule has 108 valence electrons. The predicted molar refractivity (Wildman–Crippen MR) is 73.9 cm³/mol. The lowest BCUT2D eigenvalue weighted by Crippen LogP contribution is -2.24. The number of halogens is 1. The molecule has 0 aliphatic rings. The number of rotatable bonds is 5. The number of hydrogen-bond acceptors (Lipinski definition) is 4. The van der Waals surface area contributed by atoms with Crippen molar-refractivity contribution in [2.24, 2.45) is 0 Å². The monoisotopic (exact) mass is 289 g/mol. The van der Waals surface area contributed by atoms with Crippen LogP contribution in [0.1, 0.15) is 17.3 Å². The quantitative estimate of drug-likeness (QED) is 0.480. The molecule has 2 aromatic rings. The van der Waals surface area contributed by atoms with Gasteiger partial charge in [0.1, 0.15) is 5.82 Å². The number of carbonyl (C=O) groups is 1. The number of ketones is 1. The number of benzene rings is 2. The molecule has 0 saturated carbocycles. The first-order chi connectivity index (χ1) is 9.99. The van der Waals surface area contributed by atoms with Crippen LogP contribution in [0.15, 0.2) is 48.5 Å². The fraction of sp³-hybridized carbons (Fsp3) is 0.133. The van der Waals surface area contributed by atoms with Crippen LogP contribution in [0.5, 0.6) is 5.75 Å². The minimum atomic E-state index is -0.920. The molecule has 0 unspecified atom stereocenters. The minimum Gasteiger partial charge on any atom is -0.475 e. The molecule has 6 heteroatoms. The molecule has 1 atom stereocenters. The zero-order valence-corrected chi connectivity index (χ0v) is 11.2. The van der Waals surface area contributed by atoms with E-state index in [9.17, 15) is 19.3 Å². The fourth-order valence-electron chi connectivity index (χ4n) is 1.80. The molecule has 2 rings (SSSR count). The number of para-hydroxylation sites is 2. The maximum atomic E-state index is 12.8. The molecule has 0 aliphatic carbocycles. The van der Waals surface area contributed by atoms with Gasteiger partial charge >= 0.3 is 5.69 Å². The third-order valence-corrected chi connectivity index (χ3v) is 2.86. The third kappa shape index (κ3) is 3.42. The average Bonchev–Trinajstić information content (AvgIpc) is 2.47. The van der Waals surface area contributed by atoms with Gasteiger partial charge in [0.15, 0.2) is 11.9 Å². The zero-order valence-electron chi connectivity index (χ0n) is 11.2. The molecular formula is C15H12FNO4. The molecule has 21 heavy (non-hydrogen) atoms. The highest BCUT2D eigenvalue weighted by Crippen LogP contribution is 2.27. The van der Waals surface area contributed by atoms with Crippen LogP contribution >= 0.6 is 0 Å². The topological polar surface area (TPSA) is 69.4 Å². The molecule has 0 aromatic heterocycles. The summed E-state index contributed by atoms with van der Waals surface area (Å²) >= 11 is 0. The van der Waals surface area contributed by atoms with Crippen LogP contribution in [0.3, 0.4) is 0 Å². The van der Waals surface area contributed by atoms with Crippen LogP contribution in [0.4, 0.5) is 10.1 Å². The second-order valence-electron chi connectivity index (χ2n) is 4.36. The van der Waals surface area contributed by atoms with Crippen LogP contribution in [-0.4, -0.2) is 16.8 Å². The minimum absolute atomic E-state index is 0.0189. The van der Waals surface area contributed by atoms with Gasteiger partial charge in [0.05, 0.1) is 4.92 Å². The van der Waals surface area contributed by atoms with Gasteiger partial charge in [0, 0.05) is 11.6 Å². The summed E-state index contributed by atoms with van der Waals surface area (Å²) in [6.07, 6.45) is -0.920. The number of carbonyl (C=O) groups excluding carboxylic acids is 1. The Morgan fingerprint density at radius 1 is 1.19 bits per heavy atom. The Kier molecular flexibility index (Phi) is 4.27. The van der Waals surface area contributed by atoms with Crippen molar-refractivity contribution in [2.75, 3.05) is 0 Å². The summed E-state index contributed by atoms with van der Waals surface area (Å²) in [4.78, 5) is 22.4. The number of ether oxygens (including phenoxy) is 1. The molecule has 5 nitrogen and oxygen atoms in total. The van der Waals surface area contributed by atoms with Gasteiger partial charge < -0.3 is 4.74 Å². The van der Waals surface area contributed by atoms with Crippen molar-refractivity contribution in [3.05, 3.63) is 70.0 Å². The van der Waals surface area contributed by atoms with Crippen molar-refractivity contribution in [1.29, 1.82) is 0 Å². The lowest BCUT2D eigenvalue weighted by atomic mass is 10.1. The van der Waals surface area contributed by atoms with E-state index in [0.717, 1.165) is 0 Å². The van der Waals surface area contributed by atoms with Crippen molar-refractivity contribution < 1.29 is 18.8 Å². The number of nitro groups is 1. The maximum absolute atomic E-state index is 12.8. The van der Waals surface area contributed by atoms with Crippen molar-refractivity contribution >= 4 is 11.5 Å². The first kappa shape index (κ1) is 14.6. The van der Waals surface area contributed by atoms with Gasteiger partial charge in [-0.3, -0.25) is 14.9 Å². The maximum Gasteiger partial charge on any atom is 0.310 e. The molecule has 0 amide bonds. The first-order valence-corrected chi connectivity index (χ1v) is 6.19. The van der Waals surface area contributed by atoms with Gasteiger partial charge in [-0.05, 0) is 37.3 Å². The van der Waals surface area contributed by atoms with Crippen molar-refractivity contribution in [3.63, 3.8) is 0 Å². The highest BCUT2D eigenvalue weighted by atomic mass is 19.1. The summed E-state index contributed by atoms with van der Waals surface area (Å²) in [5, 5.41) is 10.9. The van der Waals surface area contributed by atoms with Gasteiger partial charge in [0.25, 0.3) is 0 Å². The number of Topliss-reactive ketones (excluding diaryl/α,β-unsaturated/α-hetero) is 1. The second-order valence-corrected chi connectivity index (χ2v) is 4.36. The van der Waals surface area contributed by atoms with Crippen LogP contribution in [0.2, 0.25) is 0 Å². The summed E-state index contributed by atoms with van der Waals surface area (Å²) in [5.74, 6) is -0.808. The van der Waals surface area contributed by atoms with Gasteiger partial charge in [-0.2, -0.15) is 0 Å². The number of hydrogen-bond donors (Lipinski definition) is 0. The van der Waals surface area contributed by atoms with E-state index in [-0.39, 0.29) is 22.8 Å². The molecule has 0 radical (unpaired) electrons. The summed E-state index contributed by atoms with van der Waals surface area (Å²) < 4.78 is 18.2. The van der Waals surface area contributed by atoms with Crippen LogP contribution < -0.4 is 4.74 Å². The number of nitrogens with zero attached hydrogens (tertiary/aromatic N) is 1. The lowest BCUT2D eigenvalue weighted by Gasteiger charge is -2.13. The van der Waals surface area contributed by atoms with E-state index >= 15 is 0 Å². The molecular weight excluding hydrogens is 277 g/mol. The van der Waals surface area contributed by atoms with Crippen molar-refractivity contribution in [2.45, 2.75) is 13.0 Å². The average molecular weight is 289 g/mol. The fourth-order valence-corrected chi connectivity index (χ4v) is 1.80. The van der Waals surface area contributed by atoms with E-state index in [2.05, 4.69) is 0 Å². The highest BCUT2D eigenvalue weighted by Gasteiger charge is 2.21. The van der Waals surface area contributed by atoms with Gasteiger partial charge in [-0.25, -0.2) is 4.39 Å². The summed E-state index contributed by atoms with van der Waals surface area (Å²) in [6, 6.07) is 10.8. The van der Waals surface area contributed by atoms with Gasteiger partial charge in [-0.15, -0.1) is 0 Å². The Balaban J connectivity index is 2.18. The normalized spacial score (nSPS) is 11.7. The van der Waals surface area contributed by atoms with Crippen LogP contribution in [0, 0.1) is 15.9 Å². The summed E-state index contributed by atoms with van der Waals surface area (Å²) in [5.41, 5.74) is 0.0683. The molecule has 0 saturated heterocycles. The van der Waals surface area contributed by atoms with E-state index in [0.29, 0.717) is 0 Å². The van der Waals surface area contributed by atoms with Crippen molar-refractivity contribution in [3.8, 4) is 5.75 Å². The first-order valence-electron chi connectivity index (χ1n) is 6.19. The summed E-state index contributed by atoms with van der Waals surface area (Å²) in [7, 11) is 0. The highest BCUT2D eigenvalue weighted by molar-refractivity contribution is 5.99. The summed E-state index contributed by atoms with van der Waals surface area (Å²) in [6.45, 7) is 1.49. The number of nitro benzene ring substituents is 1. The SMILES string of the molecule is C[C@H](Oc1ccccc1[N+](=O)[O-])C(=O)c1ccc(F)cc1. The van der Waals surface area contributed by atoms with Crippen LogP contribution in [0.25, 0.3) is 0 Å². The van der Waals surface area contributed by atoms with E-state index in [1.807, 2.05) is 0 Å². The van der Waals surface area contributed by atoms with E-state index in [1.54, 1.807) is 6.07 Å².